The van der Waals surface area contributed by atoms with Gasteiger partial charge in [-0.25, -0.2) is 4.99 Å². The minimum absolute atomic E-state index is 0.0293. The van der Waals surface area contributed by atoms with Crippen LogP contribution in [0.2, 0.25) is 0 Å². The average molecular weight is 327 g/mol. The summed E-state index contributed by atoms with van der Waals surface area (Å²) >= 11 is 0. The van der Waals surface area contributed by atoms with Gasteiger partial charge in [0.2, 0.25) is 0 Å². The summed E-state index contributed by atoms with van der Waals surface area (Å²) in [5.41, 5.74) is 1.34. The molecule has 0 spiro atoms. The first kappa shape index (κ1) is 18.4. The topological polar surface area (TPSA) is 48.2 Å². The van der Waals surface area contributed by atoms with Gasteiger partial charge in [-0.15, -0.1) is 0 Å². The summed E-state index contributed by atoms with van der Waals surface area (Å²) in [5.74, 6) is 0.919. The maximum absolute atomic E-state index is 10.1. The fourth-order valence-corrected chi connectivity index (χ4v) is 3.57. The Hall–Kier alpha value is -1.94. The van der Waals surface area contributed by atoms with Gasteiger partial charge in [-0.2, -0.15) is 0 Å². The number of aryl methyl sites for hydroxylation is 1. The van der Waals surface area contributed by atoms with Crippen molar-refractivity contribution in [2.45, 2.75) is 39.0 Å². The third-order valence-electron chi connectivity index (χ3n) is 4.87. The number of allylic oxidation sites excluding steroid dienone is 1. The molecule has 1 atom stereocenters. The van der Waals surface area contributed by atoms with E-state index in [0.29, 0.717) is 0 Å². The third-order valence-corrected chi connectivity index (χ3v) is 4.87. The molecule has 1 unspecified atom stereocenters. The molecule has 1 aromatic rings. The first-order valence-electron chi connectivity index (χ1n) is 8.77. The average Bonchev–Trinajstić information content (AvgIpc) is 2.63. The number of likely N-dealkylation sites (tertiary alicyclic amines) is 1. The number of piperidine rings is 1. The van der Waals surface area contributed by atoms with Crippen molar-refractivity contribution in [1.29, 1.82) is 0 Å². The second-order valence-corrected chi connectivity index (χ2v) is 6.60. The number of aliphatic hydroxyl groups excluding tert-OH is 1. The molecule has 0 aromatic heterocycles. The smallest absolute Gasteiger partial charge is 0.126 e. The van der Waals surface area contributed by atoms with Crippen LogP contribution in [0.1, 0.15) is 38.2 Å². The number of hydrogen-bond donors (Lipinski definition) is 1. The van der Waals surface area contributed by atoms with Crippen LogP contribution in [-0.4, -0.2) is 42.8 Å². The van der Waals surface area contributed by atoms with E-state index in [0.717, 1.165) is 51.0 Å². The van der Waals surface area contributed by atoms with Crippen LogP contribution >= 0.6 is 0 Å². The van der Waals surface area contributed by atoms with E-state index in [4.69, 9.17) is 0 Å². The van der Waals surface area contributed by atoms with Crippen LogP contribution in [-0.2, 0) is 6.42 Å². The van der Waals surface area contributed by atoms with Crippen molar-refractivity contribution in [3.63, 3.8) is 0 Å². The van der Waals surface area contributed by atoms with Crippen LogP contribution in [0, 0.1) is 5.41 Å². The molecule has 1 aliphatic heterocycles. The minimum Gasteiger partial charge on any atom is -0.396 e. The van der Waals surface area contributed by atoms with Gasteiger partial charge in [0.15, 0.2) is 0 Å². The molecule has 0 bridgehead atoms. The molecule has 0 radical (unpaired) electrons. The summed E-state index contributed by atoms with van der Waals surface area (Å²) < 4.78 is 0. The molecule has 4 nitrogen and oxygen atoms in total. The van der Waals surface area contributed by atoms with Gasteiger partial charge in [0.05, 0.1) is 6.61 Å². The first-order valence-corrected chi connectivity index (χ1v) is 8.77. The Bertz CT molecular complexity index is 568. The van der Waals surface area contributed by atoms with Crippen molar-refractivity contribution in [1.82, 2.24) is 4.90 Å². The molecule has 130 valence electrons. The van der Waals surface area contributed by atoms with Gasteiger partial charge in [0, 0.05) is 18.5 Å². The van der Waals surface area contributed by atoms with Gasteiger partial charge in [-0.3, -0.25) is 4.99 Å². The molecule has 0 amide bonds. The standard InChI is InChI=1S/C20H29N3O/c1-3-19(22-17-21-2)23-14-8-13-20(15-23,16-24)12-7-11-18-9-5-4-6-10-18/h3-6,9-10,17,24H,2,7-8,11-16H2,1H3/b19-3+,22-17-. The molecule has 1 N–H and O–H groups in total. The molecular formula is C20H29N3O. The molecule has 2 rings (SSSR count). The van der Waals surface area contributed by atoms with Crippen LogP contribution in [0.3, 0.4) is 0 Å². The Morgan fingerprint density at radius 2 is 2.17 bits per heavy atom. The van der Waals surface area contributed by atoms with E-state index in [1.807, 2.05) is 13.0 Å². The highest BCUT2D eigenvalue weighted by Gasteiger charge is 2.35. The van der Waals surface area contributed by atoms with Crippen molar-refractivity contribution >= 4 is 13.1 Å². The summed E-state index contributed by atoms with van der Waals surface area (Å²) in [6.07, 6.45) is 8.85. The molecule has 1 saturated heterocycles. The van der Waals surface area contributed by atoms with E-state index >= 15 is 0 Å². The van der Waals surface area contributed by atoms with Gasteiger partial charge in [-0.05, 0) is 57.4 Å². The number of benzene rings is 1. The van der Waals surface area contributed by atoms with Gasteiger partial charge >= 0.3 is 0 Å². The van der Waals surface area contributed by atoms with Gasteiger partial charge in [0.25, 0.3) is 0 Å². The second-order valence-electron chi connectivity index (χ2n) is 6.60. The van der Waals surface area contributed by atoms with E-state index < -0.39 is 0 Å². The zero-order valence-corrected chi connectivity index (χ0v) is 14.7. The number of rotatable bonds is 8. The molecule has 0 saturated carbocycles. The lowest BCUT2D eigenvalue weighted by molar-refractivity contribution is 0.0375. The Balaban J connectivity index is 1.97. The van der Waals surface area contributed by atoms with Crippen molar-refractivity contribution in [3.8, 4) is 0 Å². The molecule has 1 fully saturated rings. The molecule has 24 heavy (non-hydrogen) atoms. The van der Waals surface area contributed by atoms with Crippen LogP contribution in [0.5, 0.6) is 0 Å². The molecule has 0 aliphatic carbocycles. The summed E-state index contributed by atoms with van der Waals surface area (Å²) in [5, 5.41) is 10.1. The number of aliphatic imine (C=N–C) groups is 2. The third kappa shape index (κ3) is 5.03. The van der Waals surface area contributed by atoms with Crippen molar-refractivity contribution in [2.75, 3.05) is 19.7 Å². The van der Waals surface area contributed by atoms with E-state index in [-0.39, 0.29) is 12.0 Å². The van der Waals surface area contributed by atoms with E-state index in [1.165, 1.54) is 11.9 Å². The zero-order valence-electron chi connectivity index (χ0n) is 14.7. The van der Waals surface area contributed by atoms with Crippen molar-refractivity contribution in [3.05, 3.63) is 47.8 Å². The summed E-state index contributed by atoms with van der Waals surface area (Å²) in [6.45, 7) is 7.50. The lowest BCUT2D eigenvalue weighted by atomic mass is 9.76. The highest BCUT2D eigenvalue weighted by molar-refractivity contribution is 5.63. The molecular weight excluding hydrogens is 298 g/mol. The predicted octanol–water partition coefficient (Wildman–Crippen LogP) is 3.67. The van der Waals surface area contributed by atoms with Gasteiger partial charge in [0.1, 0.15) is 12.2 Å². The predicted molar refractivity (Wildman–Crippen MR) is 102 cm³/mol. The van der Waals surface area contributed by atoms with Crippen LogP contribution in [0.25, 0.3) is 0 Å². The van der Waals surface area contributed by atoms with Crippen LogP contribution in [0.15, 0.2) is 52.2 Å². The molecule has 1 aromatic carbocycles. The van der Waals surface area contributed by atoms with E-state index in [1.54, 1.807) is 0 Å². The lowest BCUT2D eigenvalue weighted by Crippen LogP contribution is -2.44. The number of aliphatic hydroxyl groups is 1. The highest BCUT2D eigenvalue weighted by atomic mass is 16.3. The van der Waals surface area contributed by atoms with E-state index in [2.05, 4.69) is 51.9 Å². The largest absolute Gasteiger partial charge is 0.396 e. The summed E-state index contributed by atoms with van der Waals surface area (Å²) in [4.78, 5) is 10.3. The SMILES string of the molecule is C=N/C=N\C(=C/C)N1CCCC(CO)(CCCc2ccccc2)C1. The highest BCUT2D eigenvalue weighted by Crippen LogP contribution is 2.36. The molecule has 4 heteroatoms. The number of hydrogen-bond acceptors (Lipinski definition) is 3. The van der Waals surface area contributed by atoms with Crippen LogP contribution < -0.4 is 0 Å². The van der Waals surface area contributed by atoms with Gasteiger partial charge in [-0.1, -0.05) is 30.3 Å². The molecule has 1 heterocycles. The quantitative estimate of drug-likeness (QED) is 0.585. The molecule has 1 aliphatic rings. The maximum Gasteiger partial charge on any atom is 0.126 e. The number of nitrogens with zero attached hydrogens (tertiary/aromatic N) is 3. The first-order chi connectivity index (χ1) is 11.7. The Labute approximate surface area is 145 Å². The van der Waals surface area contributed by atoms with Gasteiger partial charge < -0.3 is 10.0 Å². The fraction of sp³-hybridized carbons (Fsp3) is 0.500. The Morgan fingerprint density at radius 1 is 1.38 bits per heavy atom. The maximum atomic E-state index is 10.1. The Morgan fingerprint density at radius 3 is 2.83 bits per heavy atom. The summed E-state index contributed by atoms with van der Waals surface area (Å²) in [7, 11) is 0. The monoisotopic (exact) mass is 327 g/mol. The Kier molecular flexibility index (Phi) is 7.19. The normalized spacial score (nSPS) is 22.1. The van der Waals surface area contributed by atoms with Crippen LogP contribution in [0.4, 0.5) is 0 Å². The second kappa shape index (κ2) is 9.38. The zero-order chi connectivity index (χ0) is 17.3. The van der Waals surface area contributed by atoms with Crippen molar-refractivity contribution < 1.29 is 5.11 Å². The minimum atomic E-state index is -0.0293. The lowest BCUT2D eigenvalue weighted by Gasteiger charge is -2.43. The van der Waals surface area contributed by atoms with Crippen molar-refractivity contribution in [2.24, 2.45) is 15.4 Å². The fourth-order valence-electron chi connectivity index (χ4n) is 3.57. The van der Waals surface area contributed by atoms with E-state index in [9.17, 15) is 5.11 Å². The summed E-state index contributed by atoms with van der Waals surface area (Å²) in [6, 6.07) is 10.6.